The van der Waals surface area contributed by atoms with Crippen LogP contribution in [0.1, 0.15) is 16.8 Å². The van der Waals surface area contributed by atoms with Crippen LogP contribution in [-0.4, -0.2) is 52.5 Å². The van der Waals surface area contributed by atoms with Crippen molar-refractivity contribution in [3.05, 3.63) is 29.8 Å². The number of amides is 1. The van der Waals surface area contributed by atoms with Gasteiger partial charge in [0.2, 0.25) is 0 Å². The van der Waals surface area contributed by atoms with Crippen molar-refractivity contribution in [3.63, 3.8) is 0 Å². The normalized spacial score (nSPS) is 29.6. The van der Waals surface area contributed by atoms with Crippen LogP contribution in [0, 0.1) is 11.8 Å². The third-order valence-electron chi connectivity index (χ3n) is 4.81. The quantitative estimate of drug-likeness (QED) is 0.896. The minimum absolute atomic E-state index is 0.0137. The van der Waals surface area contributed by atoms with Crippen molar-refractivity contribution >= 4 is 11.6 Å². The van der Waals surface area contributed by atoms with Crippen LogP contribution in [0.4, 0.5) is 5.69 Å². The first kappa shape index (κ1) is 15.3. The summed E-state index contributed by atoms with van der Waals surface area (Å²) in [5.41, 5.74) is 1.72. The molecule has 0 radical (unpaired) electrons. The first-order valence-electron chi connectivity index (χ1n) is 7.80. The van der Waals surface area contributed by atoms with Gasteiger partial charge >= 0.3 is 0 Å². The molecule has 1 aliphatic heterocycles. The fraction of sp³-hybridized carbons (Fsp3) is 0.588. The van der Waals surface area contributed by atoms with Gasteiger partial charge in [-0.2, -0.15) is 0 Å². The molecule has 0 bridgehead atoms. The van der Waals surface area contributed by atoms with Gasteiger partial charge in [0.25, 0.3) is 5.91 Å². The molecule has 1 amide bonds. The molecule has 1 heterocycles. The summed E-state index contributed by atoms with van der Waals surface area (Å²) in [5, 5.41) is 3.19. The van der Waals surface area contributed by atoms with E-state index in [0.29, 0.717) is 18.1 Å². The summed E-state index contributed by atoms with van der Waals surface area (Å²) in [7, 11) is 5.64. The third kappa shape index (κ3) is 2.71. The Morgan fingerprint density at radius 1 is 1.45 bits per heavy atom. The van der Waals surface area contributed by atoms with Gasteiger partial charge in [0.05, 0.1) is 12.7 Å². The minimum atomic E-state index is -0.0137. The van der Waals surface area contributed by atoms with E-state index < -0.39 is 0 Å². The summed E-state index contributed by atoms with van der Waals surface area (Å²) >= 11 is 0. The topological polar surface area (TPSA) is 50.8 Å². The van der Waals surface area contributed by atoms with Crippen LogP contribution >= 0.6 is 0 Å². The lowest BCUT2D eigenvalue weighted by Gasteiger charge is -2.47. The predicted molar refractivity (Wildman–Crippen MR) is 85.2 cm³/mol. The molecule has 5 nitrogen and oxygen atoms in total. The Morgan fingerprint density at radius 2 is 2.27 bits per heavy atom. The van der Waals surface area contributed by atoms with Crippen molar-refractivity contribution in [2.75, 3.05) is 39.3 Å². The summed E-state index contributed by atoms with van der Waals surface area (Å²) in [6.45, 7) is 1.42. The van der Waals surface area contributed by atoms with Gasteiger partial charge in [0.1, 0.15) is 0 Å². The molecule has 2 aliphatic rings. The average Bonchev–Trinajstić information content (AvgIpc) is 2.94. The Labute approximate surface area is 131 Å². The van der Waals surface area contributed by atoms with Crippen molar-refractivity contribution in [1.29, 1.82) is 0 Å². The van der Waals surface area contributed by atoms with Crippen LogP contribution in [0.25, 0.3) is 0 Å². The number of ether oxygens (including phenoxy) is 2. The van der Waals surface area contributed by atoms with Gasteiger partial charge in [0.15, 0.2) is 0 Å². The number of carbonyl (C=O) groups excluding carboxylic acids is 1. The first-order valence-corrected chi connectivity index (χ1v) is 7.80. The molecule has 0 spiro atoms. The minimum Gasteiger partial charge on any atom is -0.384 e. The van der Waals surface area contributed by atoms with E-state index in [1.54, 1.807) is 7.11 Å². The molecule has 2 fully saturated rings. The highest BCUT2D eigenvalue weighted by atomic mass is 16.5. The second kappa shape index (κ2) is 6.26. The number of methoxy groups -OCH3 is 1. The maximum atomic E-state index is 12.5. The standard InChI is InChI=1S/C17H24N2O3/c1-19(2)12-6-4-5-11(9-12)17(20)18-15-13-7-8-22-16(13)14(15)10-21-3/h4-6,9,13-16H,7-8,10H2,1-3H3,(H,18,20)/t13-,14+,15+,16-/m0/s1. The van der Waals surface area contributed by atoms with E-state index in [-0.39, 0.29) is 24.0 Å². The summed E-state index contributed by atoms with van der Waals surface area (Å²) < 4.78 is 11.0. The van der Waals surface area contributed by atoms with E-state index in [0.717, 1.165) is 18.7 Å². The molecule has 0 aromatic heterocycles. The lowest BCUT2D eigenvalue weighted by Crippen LogP contribution is -2.62. The molecule has 1 aliphatic carbocycles. The second-order valence-electron chi connectivity index (χ2n) is 6.35. The monoisotopic (exact) mass is 304 g/mol. The summed E-state index contributed by atoms with van der Waals surface area (Å²) in [6.07, 6.45) is 1.27. The van der Waals surface area contributed by atoms with Crippen LogP contribution in [0.15, 0.2) is 24.3 Å². The maximum Gasteiger partial charge on any atom is 0.251 e. The molecule has 1 aromatic carbocycles. The number of fused-ring (bicyclic) bond motifs is 1. The van der Waals surface area contributed by atoms with E-state index in [1.165, 1.54) is 0 Å². The third-order valence-corrected chi connectivity index (χ3v) is 4.81. The van der Waals surface area contributed by atoms with Crippen molar-refractivity contribution in [1.82, 2.24) is 5.32 Å². The summed E-state index contributed by atoms with van der Waals surface area (Å²) in [6, 6.07) is 7.84. The van der Waals surface area contributed by atoms with Crippen molar-refractivity contribution in [3.8, 4) is 0 Å². The molecule has 0 unspecified atom stereocenters. The molecule has 1 saturated heterocycles. The lowest BCUT2D eigenvalue weighted by molar-refractivity contribution is -0.0809. The predicted octanol–water partition coefficient (Wildman–Crippen LogP) is 1.53. The first-order chi connectivity index (χ1) is 10.6. The average molecular weight is 304 g/mol. The van der Waals surface area contributed by atoms with Gasteiger partial charge in [-0.15, -0.1) is 0 Å². The molecule has 1 aromatic rings. The number of rotatable bonds is 5. The van der Waals surface area contributed by atoms with Crippen LogP contribution in [0.5, 0.6) is 0 Å². The molecule has 1 saturated carbocycles. The molecular weight excluding hydrogens is 280 g/mol. The Bertz CT molecular complexity index is 546. The smallest absolute Gasteiger partial charge is 0.251 e. The fourth-order valence-corrected chi connectivity index (χ4v) is 3.59. The maximum absolute atomic E-state index is 12.5. The number of nitrogens with one attached hydrogen (secondary N) is 1. The lowest BCUT2D eigenvalue weighted by atomic mass is 9.67. The number of benzene rings is 1. The Hall–Kier alpha value is -1.59. The molecular formula is C17H24N2O3. The Kier molecular flexibility index (Phi) is 4.36. The van der Waals surface area contributed by atoms with Gasteiger partial charge in [-0.05, 0) is 24.6 Å². The highest BCUT2D eigenvalue weighted by molar-refractivity contribution is 5.95. The number of hydrogen-bond acceptors (Lipinski definition) is 4. The van der Waals surface area contributed by atoms with E-state index in [4.69, 9.17) is 9.47 Å². The number of hydrogen-bond donors (Lipinski definition) is 1. The Balaban J connectivity index is 1.69. The molecule has 120 valence electrons. The van der Waals surface area contributed by atoms with Crippen LogP contribution in [-0.2, 0) is 9.47 Å². The fourth-order valence-electron chi connectivity index (χ4n) is 3.59. The van der Waals surface area contributed by atoms with E-state index >= 15 is 0 Å². The van der Waals surface area contributed by atoms with E-state index in [9.17, 15) is 4.79 Å². The van der Waals surface area contributed by atoms with E-state index in [1.807, 2.05) is 43.3 Å². The summed E-state index contributed by atoms with van der Waals surface area (Å²) in [5.74, 6) is 0.680. The largest absolute Gasteiger partial charge is 0.384 e. The van der Waals surface area contributed by atoms with Gasteiger partial charge < -0.3 is 19.7 Å². The molecule has 22 heavy (non-hydrogen) atoms. The van der Waals surface area contributed by atoms with Crippen molar-refractivity contribution in [2.45, 2.75) is 18.6 Å². The zero-order valence-electron chi connectivity index (χ0n) is 13.4. The molecule has 1 N–H and O–H groups in total. The Morgan fingerprint density at radius 3 is 3.00 bits per heavy atom. The molecule has 4 atom stereocenters. The number of anilines is 1. The highest BCUT2D eigenvalue weighted by Crippen LogP contribution is 2.43. The van der Waals surface area contributed by atoms with Gasteiger partial charge in [0, 0.05) is 56.9 Å². The van der Waals surface area contributed by atoms with Crippen molar-refractivity contribution < 1.29 is 14.3 Å². The molecule has 3 rings (SSSR count). The van der Waals surface area contributed by atoms with Crippen LogP contribution < -0.4 is 10.2 Å². The number of nitrogens with zero attached hydrogens (tertiary/aromatic N) is 1. The zero-order chi connectivity index (χ0) is 15.7. The van der Waals surface area contributed by atoms with Crippen LogP contribution in [0.3, 0.4) is 0 Å². The van der Waals surface area contributed by atoms with Gasteiger partial charge in [-0.25, -0.2) is 0 Å². The van der Waals surface area contributed by atoms with E-state index in [2.05, 4.69) is 5.32 Å². The SMILES string of the molecule is COC[C@@H]1[C@H](NC(=O)c2cccc(N(C)C)c2)[C@@H]2CCO[C@H]12. The van der Waals surface area contributed by atoms with Gasteiger partial charge in [-0.3, -0.25) is 4.79 Å². The number of carbonyl (C=O) groups is 1. The highest BCUT2D eigenvalue weighted by Gasteiger charge is 2.54. The van der Waals surface area contributed by atoms with Gasteiger partial charge in [-0.1, -0.05) is 6.07 Å². The zero-order valence-corrected chi connectivity index (χ0v) is 13.4. The molecule has 5 heteroatoms. The van der Waals surface area contributed by atoms with Crippen molar-refractivity contribution in [2.24, 2.45) is 11.8 Å². The van der Waals surface area contributed by atoms with Crippen LogP contribution in [0.2, 0.25) is 0 Å². The summed E-state index contributed by atoms with van der Waals surface area (Å²) in [4.78, 5) is 14.5. The second-order valence-corrected chi connectivity index (χ2v) is 6.35.